The van der Waals surface area contributed by atoms with Gasteiger partial charge < -0.3 is 13.9 Å². The van der Waals surface area contributed by atoms with Crippen LogP contribution in [-0.2, 0) is 0 Å². The molecule has 0 unspecified atom stereocenters. The Bertz CT molecular complexity index is 3460. The molecule has 0 atom stereocenters. The van der Waals surface area contributed by atoms with E-state index in [1.54, 1.807) is 0 Å². The first-order valence-corrected chi connectivity index (χ1v) is 20.5. The van der Waals surface area contributed by atoms with Crippen LogP contribution in [0.5, 0.6) is 0 Å². The predicted molar refractivity (Wildman–Crippen MR) is 247 cm³/mol. The second-order valence-electron chi connectivity index (χ2n) is 14.9. The van der Waals surface area contributed by atoms with Crippen LogP contribution >= 0.6 is 11.3 Å². The summed E-state index contributed by atoms with van der Waals surface area (Å²) in [4.78, 5) is 2.37. The van der Waals surface area contributed by atoms with Gasteiger partial charge in [0, 0.05) is 69.9 Å². The summed E-state index contributed by atoms with van der Waals surface area (Å²) in [5.41, 5.74) is 12.9. The molecular weight excluding hydrogens is 725 g/mol. The number of hydrogen-bond acceptors (Lipinski definition) is 3. The van der Waals surface area contributed by atoms with Gasteiger partial charge in [0.05, 0.1) is 16.7 Å². The second-order valence-corrected chi connectivity index (χ2v) is 16.0. The Hall–Kier alpha value is -7.40. The molecule has 0 aliphatic carbocycles. The number of rotatable bonds is 6. The van der Waals surface area contributed by atoms with Crippen molar-refractivity contribution >= 4 is 92.3 Å². The molecule has 0 aliphatic rings. The first-order chi connectivity index (χ1) is 28.8. The average Bonchev–Trinajstić information content (AvgIpc) is 3.96. The molecule has 0 N–H and O–H groups in total. The van der Waals surface area contributed by atoms with Crippen molar-refractivity contribution in [3.8, 4) is 27.9 Å². The van der Waals surface area contributed by atoms with Crippen LogP contribution in [0.4, 0.5) is 17.1 Å². The van der Waals surface area contributed by atoms with E-state index < -0.39 is 0 Å². The quantitative estimate of drug-likeness (QED) is 0.168. The van der Waals surface area contributed by atoms with E-state index in [0.29, 0.717) is 0 Å². The minimum Gasteiger partial charge on any atom is -0.455 e. The third-order valence-corrected chi connectivity index (χ3v) is 12.7. The highest BCUT2D eigenvalue weighted by Crippen LogP contribution is 2.46. The molecule has 12 rings (SSSR count). The largest absolute Gasteiger partial charge is 0.455 e. The standard InChI is InChI=1S/C54H34N2OS/c1-2-14-37(15-3-1)55(38-29-26-35(27-30-38)36-28-31-53-45(32-36)44-20-8-13-25-52(44)58-53)39-33-46(54-47(34-39)43-19-7-12-24-51(43)57-54)42-18-6-11-23-50(42)56-48-21-9-4-16-40(48)41-17-5-10-22-49(41)56/h1-34H. The van der Waals surface area contributed by atoms with E-state index in [0.717, 1.165) is 55.8 Å². The van der Waals surface area contributed by atoms with Crippen LogP contribution in [0, 0.1) is 0 Å². The zero-order valence-electron chi connectivity index (χ0n) is 31.3. The number of thiophene rings is 1. The van der Waals surface area contributed by atoms with Crippen LogP contribution < -0.4 is 4.90 Å². The minimum absolute atomic E-state index is 0.872. The van der Waals surface area contributed by atoms with Crippen molar-refractivity contribution in [3.05, 3.63) is 206 Å². The average molecular weight is 759 g/mol. The van der Waals surface area contributed by atoms with Crippen molar-refractivity contribution in [3.63, 3.8) is 0 Å². The highest BCUT2D eigenvalue weighted by atomic mass is 32.1. The van der Waals surface area contributed by atoms with Gasteiger partial charge in [-0.15, -0.1) is 11.3 Å². The van der Waals surface area contributed by atoms with E-state index in [1.165, 1.54) is 53.1 Å². The lowest BCUT2D eigenvalue weighted by Gasteiger charge is -2.26. The number of nitrogens with zero attached hydrogens (tertiary/aromatic N) is 2. The zero-order valence-corrected chi connectivity index (χ0v) is 32.2. The Balaban J connectivity index is 1.07. The maximum atomic E-state index is 6.82. The number of anilines is 3. The molecular formula is C54H34N2OS. The molecule has 0 aliphatic heterocycles. The summed E-state index contributed by atoms with van der Waals surface area (Å²) in [5, 5.41) is 7.26. The van der Waals surface area contributed by atoms with Gasteiger partial charge in [-0.1, -0.05) is 127 Å². The van der Waals surface area contributed by atoms with Gasteiger partial charge >= 0.3 is 0 Å². The van der Waals surface area contributed by atoms with Gasteiger partial charge in [0.25, 0.3) is 0 Å². The summed E-state index contributed by atoms with van der Waals surface area (Å²) in [7, 11) is 0. The Morgan fingerprint density at radius 1 is 0.379 bits per heavy atom. The highest BCUT2D eigenvalue weighted by Gasteiger charge is 2.22. The molecule has 58 heavy (non-hydrogen) atoms. The SMILES string of the molecule is c1ccc(N(c2ccc(-c3ccc4sc5ccccc5c4c3)cc2)c2cc(-c3ccccc3-n3c4ccccc4c4ccccc43)c3oc4ccccc4c3c2)cc1. The van der Waals surface area contributed by atoms with E-state index in [4.69, 9.17) is 4.42 Å². The lowest BCUT2D eigenvalue weighted by Crippen LogP contribution is -2.10. The van der Waals surface area contributed by atoms with Crippen LogP contribution in [0.15, 0.2) is 211 Å². The molecule has 0 spiro atoms. The molecule has 0 saturated heterocycles. The minimum atomic E-state index is 0.872. The summed E-state index contributed by atoms with van der Waals surface area (Å²) in [6.07, 6.45) is 0. The summed E-state index contributed by atoms with van der Waals surface area (Å²) in [6, 6.07) is 74.4. The van der Waals surface area contributed by atoms with Crippen molar-refractivity contribution < 1.29 is 4.42 Å². The smallest absolute Gasteiger partial charge is 0.143 e. The molecule has 4 heteroatoms. The molecule has 3 aromatic heterocycles. The normalized spacial score (nSPS) is 11.8. The van der Waals surface area contributed by atoms with Gasteiger partial charge in [-0.2, -0.15) is 0 Å². The maximum Gasteiger partial charge on any atom is 0.143 e. The fourth-order valence-corrected chi connectivity index (χ4v) is 10.0. The number of fused-ring (bicyclic) bond motifs is 9. The van der Waals surface area contributed by atoms with Crippen LogP contribution in [0.1, 0.15) is 0 Å². The van der Waals surface area contributed by atoms with Gasteiger partial charge in [-0.05, 0) is 90.0 Å². The highest BCUT2D eigenvalue weighted by molar-refractivity contribution is 7.25. The van der Waals surface area contributed by atoms with E-state index in [2.05, 4.69) is 210 Å². The monoisotopic (exact) mass is 758 g/mol. The third kappa shape index (κ3) is 5.12. The Kier molecular flexibility index (Phi) is 7.40. The lowest BCUT2D eigenvalue weighted by molar-refractivity contribution is 0.670. The number of furan rings is 1. The molecule has 0 amide bonds. The van der Waals surface area contributed by atoms with Crippen molar-refractivity contribution in [2.24, 2.45) is 0 Å². The number of aromatic nitrogens is 1. The van der Waals surface area contributed by atoms with Gasteiger partial charge in [0.15, 0.2) is 0 Å². The molecule has 12 aromatic rings. The predicted octanol–water partition coefficient (Wildman–Crippen LogP) is 15.9. The number of hydrogen-bond donors (Lipinski definition) is 0. The molecule has 9 aromatic carbocycles. The van der Waals surface area contributed by atoms with Gasteiger partial charge in [0.2, 0.25) is 0 Å². The van der Waals surface area contributed by atoms with Crippen LogP contribution in [0.25, 0.3) is 91.9 Å². The fourth-order valence-electron chi connectivity index (χ4n) is 8.95. The Labute approximate surface area is 338 Å². The molecule has 0 bridgehead atoms. The van der Waals surface area contributed by atoms with E-state index in [9.17, 15) is 0 Å². The zero-order chi connectivity index (χ0) is 38.2. The molecule has 3 heterocycles. The van der Waals surface area contributed by atoms with Gasteiger partial charge in [-0.3, -0.25) is 0 Å². The maximum absolute atomic E-state index is 6.82. The van der Waals surface area contributed by atoms with Crippen LogP contribution in [0.3, 0.4) is 0 Å². The summed E-state index contributed by atoms with van der Waals surface area (Å²) in [5.74, 6) is 0. The van der Waals surface area contributed by atoms with Crippen LogP contribution in [0.2, 0.25) is 0 Å². The van der Waals surface area contributed by atoms with Gasteiger partial charge in [0.1, 0.15) is 11.2 Å². The first-order valence-electron chi connectivity index (χ1n) is 19.7. The molecule has 272 valence electrons. The molecule has 3 nitrogen and oxygen atoms in total. The van der Waals surface area contributed by atoms with Crippen molar-refractivity contribution in [2.45, 2.75) is 0 Å². The van der Waals surface area contributed by atoms with E-state index in [-0.39, 0.29) is 0 Å². The molecule has 0 fully saturated rings. The number of para-hydroxylation sites is 5. The third-order valence-electron chi connectivity index (χ3n) is 11.6. The summed E-state index contributed by atoms with van der Waals surface area (Å²) < 4.78 is 11.9. The molecule has 0 radical (unpaired) electrons. The Morgan fingerprint density at radius 3 is 1.78 bits per heavy atom. The first kappa shape index (κ1) is 32.8. The second kappa shape index (κ2) is 13.1. The van der Waals surface area contributed by atoms with Gasteiger partial charge in [-0.25, -0.2) is 0 Å². The van der Waals surface area contributed by atoms with Crippen molar-refractivity contribution in [1.29, 1.82) is 0 Å². The van der Waals surface area contributed by atoms with Crippen LogP contribution in [-0.4, -0.2) is 4.57 Å². The topological polar surface area (TPSA) is 21.3 Å². The molecule has 0 saturated carbocycles. The fraction of sp³-hybridized carbons (Fsp3) is 0. The summed E-state index contributed by atoms with van der Waals surface area (Å²) >= 11 is 1.85. The van der Waals surface area contributed by atoms with Crippen molar-refractivity contribution in [1.82, 2.24) is 4.57 Å². The number of benzene rings is 9. The van der Waals surface area contributed by atoms with E-state index in [1.807, 2.05) is 17.4 Å². The van der Waals surface area contributed by atoms with Crippen molar-refractivity contribution in [2.75, 3.05) is 4.90 Å². The summed E-state index contributed by atoms with van der Waals surface area (Å²) in [6.45, 7) is 0. The Morgan fingerprint density at radius 2 is 0.983 bits per heavy atom. The lowest BCUT2D eigenvalue weighted by atomic mass is 9.98. The van der Waals surface area contributed by atoms with E-state index >= 15 is 0 Å².